The minimum atomic E-state index is -0.799. The van der Waals surface area contributed by atoms with Gasteiger partial charge in [0.25, 0.3) is 5.56 Å². The summed E-state index contributed by atoms with van der Waals surface area (Å²) < 4.78 is 6.63. The molecule has 0 unspecified atom stereocenters. The van der Waals surface area contributed by atoms with Gasteiger partial charge in [0.2, 0.25) is 11.7 Å². The van der Waals surface area contributed by atoms with Crippen molar-refractivity contribution in [2.45, 2.75) is 32.6 Å². The van der Waals surface area contributed by atoms with Crippen molar-refractivity contribution in [2.24, 2.45) is 7.05 Å². The van der Waals surface area contributed by atoms with Gasteiger partial charge in [0.05, 0.1) is 0 Å². The zero-order chi connectivity index (χ0) is 18.0. The third-order valence-electron chi connectivity index (χ3n) is 4.20. The molecule has 1 N–H and O–H groups in total. The first kappa shape index (κ1) is 16.9. The Labute approximate surface area is 143 Å². The average Bonchev–Trinajstić information content (AvgIpc) is 3.01. The van der Waals surface area contributed by atoms with Gasteiger partial charge in [-0.2, -0.15) is 4.98 Å². The van der Waals surface area contributed by atoms with Crippen LogP contribution in [0, 0.1) is 6.92 Å². The Morgan fingerprint density at radius 2 is 2.08 bits per heavy atom. The van der Waals surface area contributed by atoms with Crippen LogP contribution < -0.4 is 5.56 Å². The molecule has 2 aromatic heterocycles. The van der Waals surface area contributed by atoms with E-state index in [0.717, 1.165) is 23.1 Å². The van der Waals surface area contributed by atoms with Crippen LogP contribution in [0.1, 0.15) is 30.8 Å². The molecule has 130 valence electrons. The van der Waals surface area contributed by atoms with E-state index in [1.54, 1.807) is 30.7 Å². The van der Waals surface area contributed by atoms with Crippen LogP contribution in [-0.2, 0) is 18.3 Å². The van der Waals surface area contributed by atoms with E-state index in [-0.39, 0.29) is 12.0 Å². The minimum Gasteiger partial charge on any atom is -0.481 e. The number of hydrogen-bond acceptors (Lipinski definition) is 5. The summed E-state index contributed by atoms with van der Waals surface area (Å²) in [6.07, 6.45) is 2.10. The highest BCUT2D eigenvalue weighted by molar-refractivity contribution is 5.86. The van der Waals surface area contributed by atoms with Crippen LogP contribution in [0.25, 0.3) is 22.2 Å². The smallest absolute Gasteiger partial charge is 0.303 e. The second-order valence-corrected chi connectivity index (χ2v) is 6.04. The number of unbranched alkanes of at least 4 members (excludes halogenated alkanes) is 1. The first-order chi connectivity index (χ1) is 12.0. The molecular weight excluding hydrogens is 322 g/mol. The van der Waals surface area contributed by atoms with Gasteiger partial charge >= 0.3 is 5.97 Å². The first-order valence-corrected chi connectivity index (χ1v) is 8.11. The van der Waals surface area contributed by atoms with Gasteiger partial charge in [-0.05, 0) is 42.8 Å². The van der Waals surface area contributed by atoms with Gasteiger partial charge in [-0.25, -0.2) is 0 Å². The predicted molar refractivity (Wildman–Crippen MR) is 92.4 cm³/mol. The highest BCUT2D eigenvalue weighted by Crippen LogP contribution is 2.22. The lowest BCUT2D eigenvalue weighted by Crippen LogP contribution is -2.20. The SMILES string of the molecule is Cc1nc(-c2ccc3c(=O)n(C)c(CCCCC(=O)O)cc3c2)no1. The van der Waals surface area contributed by atoms with E-state index < -0.39 is 5.97 Å². The lowest BCUT2D eigenvalue weighted by molar-refractivity contribution is -0.137. The maximum atomic E-state index is 12.6. The highest BCUT2D eigenvalue weighted by Gasteiger charge is 2.11. The molecule has 0 aliphatic heterocycles. The van der Waals surface area contributed by atoms with Gasteiger partial charge in [-0.3, -0.25) is 9.59 Å². The van der Waals surface area contributed by atoms with E-state index in [9.17, 15) is 9.59 Å². The quantitative estimate of drug-likeness (QED) is 0.692. The molecular formula is C18H19N3O4. The number of benzene rings is 1. The van der Waals surface area contributed by atoms with Gasteiger partial charge < -0.3 is 14.2 Å². The molecule has 0 atom stereocenters. The molecule has 0 saturated heterocycles. The number of aryl methyl sites for hydroxylation is 2. The van der Waals surface area contributed by atoms with Crippen molar-refractivity contribution in [2.75, 3.05) is 0 Å². The molecule has 0 fully saturated rings. The summed E-state index contributed by atoms with van der Waals surface area (Å²) in [5.74, 6) is 0.175. The van der Waals surface area contributed by atoms with Crippen LogP contribution in [0.2, 0.25) is 0 Å². The summed E-state index contributed by atoms with van der Waals surface area (Å²) >= 11 is 0. The molecule has 7 nitrogen and oxygen atoms in total. The van der Waals surface area contributed by atoms with E-state index in [1.807, 2.05) is 12.1 Å². The fourth-order valence-electron chi connectivity index (χ4n) is 2.84. The molecule has 7 heteroatoms. The number of aliphatic carboxylic acids is 1. The standard InChI is InChI=1S/C18H19N3O4/c1-11-19-17(20-25-11)12-7-8-15-13(9-12)10-14(21(2)18(15)24)5-3-4-6-16(22)23/h7-10H,3-6H2,1-2H3,(H,22,23). The Morgan fingerprint density at radius 3 is 2.76 bits per heavy atom. The number of pyridine rings is 1. The lowest BCUT2D eigenvalue weighted by Gasteiger charge is -2.10. The zero-order valence-corrected chi connectivity index (χ0v) is 14.2. The fourth-order valence-corrected chi connectivity index (χ4v) is 2.84. The lowest BCUT2D eigenvalue weighted by atomic mass is 10.0. The third-order valence-corrected chi connectivity index (χ3v) is 4.20. The van der Waals surface area contributed by atoms with Gasteiger partial charge in [-0.1, -0.05) is 11.2 Å². The summed E-state index contributed by atoms with van der Waals surface area (Å²) in [7, 11) is 1.74. The Morgan fingerprint density at radius 1 is 1.28 bits per heavy atom. The second-order valence-electron chi connectivity index (χ2n) is 6.04. The molecule has 0 bridgehead atoms. The summed E-state index contributed by atoms with van der Waals surface area (Å²) in [5.41, 5.74) is 1.60. The molecule has 1 aromatic carbocycles. The van der Waals surface area contributed by atoms with Crippen molar-refractivity contribution in [3.8, 4) is 11.4 Å². The number of hydrogen-bond donors (Lipinski definition) is 1. The topological polar surface area (TPSA) is 98.2 Å². The van der Waals surface area contributed by atoms with E-state index >= 15 is 0 Å². The Hall–Kier alpha value is -2.96. The molecule has 0 radical (unpaired) electrons. The third kappa shape index (κ3) is 3.60. The number of carboxylic acid groups (broad SMARTS) is 1. The maximum absolute atomic E-state index is 12.6. The van der Waals surface area contributed by atoms with Crippen LogP contribution >= 0.6 is 0 Å². The average molecular weight is 341 g/mol. The summed E-state index contributed by atoms with van der Waals surface area (Å²) in [5, 5.41) is 14.1. The molecule has 2 heterocycles. The molecule has 0 spiro atoms. The summed E-state index contributed by atoms with van der Waals surface area (Å²) in [6, 6.07) is 7.42. The van der Waals surface area contributed by atoms with Crippen LogP contribution in [0.3, 0.4) is 0 Å². The number of nitrogens with zero attached hydrogens (tertiary/aromatic N) is 3. The molecule has 0 amide bonds. The summed E-state index contributed by atoms with van der Waals surface area (Å²) in [4.78, 5) is 27.4. The van der Waals surface area contributed by atoms with E-state index in [4.69, 9.17) is 9.63 Å². The van der Waals surface area contributed by atoms with Gasteiger partial charge in [0, 0.05) is 37.0 Å². The first-order valence-electron chi connectivity index (χ1n) is 8.11. The van der Waals surface area contributed by atoms with Crippen molar-refractivity contribution in [1.29, 1.82) is 0 Å². The number of carboxylic acids is 1. The molecule has 0 aliphatic rings. The van der Waals surface area contributed by atoms with E-state index in [0.29, 0.717) is 29.9 Å². The monoisotopic (exact) mass is 341 g/mol. The molecule has 3 rings (SSSR count). The van der Waals surface area contributed by atoms with Crippen LogP contribution in [0.15, 0.2) is 33.6 Å². The number of fused-ring (bicyclic) bond motifs is 1. The number of rotatable bonds is 6. The van der Waals surface area contributed by atoms with Gasteiger partial charge in [0.15, 0.2) is 0 Å². The van der Waals surface area contributed by atoms with E-state index in [2.05, 4.69) is 10.1 Å². The van der Waals surface area contributed by atoms with E-state index in [1.165, 1.54) is 0 Å². The van der Waals surface area contributed by atoms with Crippen LogP contribution in [0.5, 0.6) is 0 Å². The van der Waals surface area contributed by atoms with Gasteiger partial charge in [0.1, 0.15) is 0 Å². The Bertz CT molecular complexity index is 988. The van der Waals surface area contributed by atoms with Crippen molar-refractivity contribution in [1.82, 2.24) is 14.7 Å². The Kier molecular flexibility index (Phi) is 4.65. The zero-order valence-electron chi connectivity index (χ0n) is 14.2. The number of aromatic nitrogens is 3. The maximum Gasteiger partial charge on any atom is 0.303 e. The van der Waals surface area contributed by atoms with Crippen LogP contribution in [-0.4, -0.2) is 25.8 Å². The number of carbonyl (C=O) groups is 1. The second kappa shape index (κ2) is 6.88. The van der Waals surface area contributed by atoms with Crippen molar-refractivity contribution in [3.05, 3.63) is 46.2 Å². The predicted octanol–water partition coefficient (Wildman–Crippen LogP) is 2.69. The molecule has 0 aliphatic carbocycles. The van der Waals surface area contributed by atoms with Gasteiger partial charge in [-0.15, -0.1) is 0 Å². The minimum absolute atomic E-state index is 0.0680. The van der Waals surface area contributed by atoms with Crippen molar-refractivity contribution in [3.63, 3.8) is 0 Å². The van der Waals surface area contributed by atoms with Crippen molar-refractivity contribution >= 4 is 16.7 Å². The van der Waals surface area contributed by atoms with Crippen molar-refractivity contribution < 1.29 is 14.4 Å². The fraction of sp³-hybridized carbons (Fsp3) is 0.333. The summed E-state index contributed by atoms with van der Waals surface area (Å²) in [6.45, 7) is 1.72. The highest BCUT2D eigenvalue weighted by atomic mass is 16.5. The molecule has 0 saturated carbocycles. The molecule has 25 heavy (non-hydrogen) atoms. The Balaban J connectivity index is 1.94. The molecule has 3 aromatic rings. The van der Waals surface area contributed by atoms with Crippen LogP contribution in [0.4, 0.5) is 0 Å². The normalized spacial score (nSPS) is 11.1. The largest absolute Gasteiger partial charge is 0.481 e.